The van der Waals surface area contributed by atoms with Gasteiger partial charge in [0, 0.05) is 0 Å². The predicted molar refractivity (Wildman–Crippen MR) is 57.0 cm³/mol. The molecule has 3 aliphatic rings. The zero-order chi connectivity index (χ0) is 9.81. The van der Waals surface area contributed by atoms with Crippen LogP contribution in [-0.4, -0.2) is 11.2 Å². The van der Waals surface area contributed by atoms with E-state index in [1.165, 1.54) is 38.5 Å². The van der Waals surface area contributed by atoms with E-state index in [0.717, 1.165) is 18.8 Å². The molecule has 1 N–H and O–H groups in total. The molecule has 0 amide bonds. The highest BCUT2D eigenvalue weighted by Gasteiger charge is 2.65. The molecule has 3 saturated carbocycles. The summed E-state index contributed by atoms with van der Waals surface area (Å²) in [5, 5.41) is 9.84. The van der Waals surface area contributed by atoms with Crippen molar-refractivity contribution in [3.63, 3.8) is 0 Å². The van der Waals surface area contributed by atoms with E-state index < -0.39 is 0 Å². The van der Waals surface area contributed by atoms with Gasteiger partial charge in [0.1, 0.15) is 0 Å². The summed E-state index contributed by atoms with van der Waals surface area (Å²) in [5.41, 5.74) is 1.18. The second kappa shape index (κ2) is 2.75. The molecule has 1 heteroatoms. The van der Waals surface area contributed by atoms with Crippen LogP contribution in [0.15, 0.2) is 0 Å². The smallest absolute Gasteiger partial charge is 0.0545 e. The standard InChI is InChI=1S/C13H22O/c1-12(6-3-5-11(14)9-12)13-7-2-4-10(13)8-13/h10-11,14H,2-9H2,1H3. The third kappa shape index (κ3) is 1.05. The monoisotopic (exact) mass is 194 g/mol. The van der Waals surface area contributed by atoms with Crippen molar-refractivity contribution in [2.45, 2.75) is 64.4 Å². The quantitative estimate of drug-likeness (QED) is 0.680. The van der Waals surface area contributed by atoms with E-state index in [0.29, 0.717) is 10.8 Å². The minimum atomic E-state index is 0.00461. The summed E-state index contributed by atoms with van der Waals surface area (Å²) >= 11 is 0. The van der Waals surface area contributed by atoms with E-state index in [1.807, 2.05) is 0 Å². The highest BCUT2D eigenvalue weighted by molar-refractivity contribution is 5.15. The molecule has 0 spiro atoms. The Bertz CT molecular complexity index is 250. The number of aliphatic hydroxyl groups is 1. The first kappa shape index (κ1) is 9.21. The van der Waals surface area contributed by atoms with Crippen molar-refractivity contribution in [2.24, 2.45) is 16.7 Å². The number of fused-ring (bicyclic) bond motifs is 1. The summed E-state index contributed by atoms with van der Waals surface area (Å²) < 4.78 is 0. The van der Waals surface area contributed by atoms with Crippen LogP contribution in [0.5, 0.6) is 0 Å². The van der Waals surface area contributed by atoms with E-state index in [2.05, 4.69) is 6.92 Å². The SMILES string of the molecule is CC1(C23CCCC2C3)CCCC(O)C1. The Morgan fingerprint density at radius 1 is 1.07 bits per heavy atom. The van der Waals surface area contributed by atoms with Crippen LogP contribution in [0.25, 0.3) is 0 Å². The van der Waals surface area contributed by atoms with Crippen LogP contribution in [0, 0.1) is 16.7 Å². The fourth-order valence-corrected chi connectivity index (χ4v) is 4.67. The topological polar surface area (TPSA) is 20.2 Å². The third-order valence-corrected chi connectivity index (χ3v) is 5.56. The van der Waals surface area contributed by atoms with Gasteiger partial charge in [-0.2, -0.15) is 0 Å². The Hall–Kier alpha value is -0.0400. The summed E-state index contributed by atoms with van der Waals surface area (Å²) in [6.45, 7) is 2.46. The van der Waals surface area contributed by atoms with Gasteiger partial charge >= 0.3 is 0 Å². The van der Waals surface area contributed by atoms with Crippen LogP contribution >= 0.6 is 0 Å². The summed E-state index contributed by atoms with van der Waals surface area (Å²) in [7, 11) is 0. The third-order valence-electron chi connectivity index (χ3n) is 5.56. The first-order valence-electron chi connectivity index (χ1n) is 6.34. The van der Waals surface area contributed by atoms with Gasteiger partial charge in [0.05, 0.1) is 6.10 Å². The van der Waals surface area contributed by atoms with Crippen molar-refractivity contribution in [3.8, 4) is 0 Å². The number of hydrogen-bond donors (Lipinski definition) is 1. The highest BCUT2D eigenvalue weighted by Crippen LogP contribution is 2.74. The second-order valence-corrected chi connectivity index (χ2v) is 6.26. The molecule has 0 aromatic carbocycles. The van der Waals surface area contributed by atoms with Crippen LogP contribution in [0.2, 0.25) is 0 Å². The average molecular weight is 194 g/mol. The molecule has 0 aromatic heterocycles. The average Bonchev–Trinajstić information content (AvgIpc) is 2.70. The molecular weight excluding hydrogens is 172 g/mol. The van der Waals surface area contributed by atoms with Crippen molar-refractivity contribution in [2.75, 3.05) is 0 Å². The van der Waals surface area contributed by atoms with Gasteiger partial charge in [0.25, 0.3) is 0 Å². The lowest BCUT2D eigenvalue weighted by molar-refractivity contribution is 0.00625. The maximum absolute atomic E-state index is 9.84. The number of rotatable bonds is 1. The van der Waals surface area contributed by atoms with Gasteiger partial charge < -0.3 is 5.11 Å². The Labute approximate surface area is 86.9 Å². The maximum Gasteiger partial charge on any atom is 0.0545 e. The van der Waals surface area contributed by atoms with E-state index in [9.17, 15) is 5.11 Å². The van der Waals surface area contributed by atoms with Crippen LogP contribution in [-0.2, 0) is 0 Å². The van der Waals surface area contributed by atoms with E-state index in [1.54, 1.807) is 0 Å². The summed E-state index contributed by atoms with van der Waals surface area (Å²) in [6, 6.07) is 0. The molecule has 3 aliphatic carbocycles. The van der Waals surface area contributed by atoms with Crippen LogP contribution < -0.4 is 0 Å². The van der Waals surface area contributed by atoms with Gasteiger partial charge in [-0.05, 0) is 55.3 Å². The largest absolute Gasteiger partial charge is 0.393 e. The van der Waals surface area contributed by atoms with Crippen molar-refractivity contribution >= 4 is 0 Å². The Morgan fingerprint density at radius 3 is 2.43 bits per heavy atom. The predicted octanol–water partition coefficient (Wildman–Crippen LogP) is 3.12. The first-order valence-corrected chi connectivity index (χ1v) is 6.34. The Balaban J connectivity index is 1.82. The molecule has 3 rings (SSSR count). The molecule has 0 heterocycles. The molecule has 0 saturated heterocycles. The summed E-state index contributed by atoms with van der Waals surface area (Å²) in [4.78, 5) is 0. The first-order chi connectivity index (χ1) is 6.66. The van der Waals surface area contributed by atoms with Crippen molar-refractivity contribution in [1.29, 1.82) is 0 Å². The van der Waals surface area contributed by atoms with Gasteiger partial charge in [0.15, 0.2) is 0 Å². The second-order valence-electron chi connectivity index (χ2n) is 6.26. The summed E-state index contributed by atoms with van der Waals surface area (Å²) in [6.07, 6.45) is 10.6. The van der Waals surface area contributed by atoms with Gasteiger partial charge in [0.2, 0.25) is 0 Å². The Morgan fingerprint density at radius 2 is 1.86 bits per heavy atom. The normalized spacial score (nSPS) is 57.0. The minimum absolute atomic E-state index is 0.00461. The minimum Gasteiger partial charge on any atom is -0.393 e. The molecule has 0 aromatic rings. The van der Waals surface area contributed by atoms with Crippen LogP contribution in [0.1, 0.15) is 58.3 Å². The molecule has 0 aliphatic heterocycles. The lowest BCUT2D eigenvalue weighted by atomic mass is 9.63. The molecule has 3 fully saturated rings. The lowest BCUT2D eigenvalue weighted by Crippen LogP contribution is -2.36. The Kier molecular flexibility index (Phi) is 1.81. The van der Waals surface area contributed by atoms with Crippen molar-refractivity contribution < 1.29 is 5.11 Å². The molecule has 4 unspecified atom stereocenters. The zero-order valence-electron chi connectivity index (χ0n) is 9.26. The summed E-state index contributed by atoms with van der Waals surface area (Å²) in [5.74, 6) is 1.04. The molecule has 1 nitrogen and oxygen atoms in total. The molecule has 80 valence electrons. The van der Waals surface area contributed by atoms with Crippen LogP contribution in [0.4, 0.5) is 0 Å². The zero-order valence-corrected chi connectivity index (χ0v) is 9.26. The van der Waals surface area contributed by atoms with Crippen molar-refractivity contribution in [3.05, 3.63) is 0 Å². The van der Waals surface area contributed by atoms with Gasteiger partial charge in [-0.3, -0.25) is 0 Å². The molecule has 4 atom stereocenters. The van der Waals surface area contributed by atoms with Crippen LogP contribution in [0.3, 0.4) is 0 Å². The van der Waals surface area contributed by atoms with Crippen molar-refractivity contribution in [1.82, 2.24) is 0 Å². The van der Waals surface area contributed by atoms with Gasteiger partial charge in [-0.25, -0.2) is 0 Å². The molecule has 0 radical (unpaired) electrons. The number of aliphatic hydroxyl groups excluding tert-OH is 1. The fraction of sp³-hybridized carbons (Fsp3) is 1.00. The molecule has 0 bridgehead atoms. The fourth-order valence-electron chi connectivity index (χ4n) is 4.67. The van der Waals surface area contributed by atoms with Gasteiger partial charge in [-0.15, -0.1) is 0 Å². The van der Waals surface area contributed by atoms with E-state index >= 15 is 0 Å². The molecule has 14 heavy (non-hydrogen) atoms. The van der Waals surface area contributed by atoms with E-state index in [4.69, 9.17) is 0 Å². The highest BCUT2D eigenvalue weighted by atomic mass is 16.3. The number of hydrogen-bond acceptors (Lipinski definition) is 1. The lowest BCUT2D eigenvalue weighted by Gasteiger charge is -2.43. The van der Waals surface area contributed by atoms with Gasteiger partial charge in [-0.1, -0.05) is 19.8 Å². The maximum atomic E-state index is 9.84. The molecular formula is C13H22O. The van der Waals surface area contributed by atoms with E-state index in [-0.39, 0.29) is 6.10 Å².